The van der Waals surface area contributed by atoms with Crippen molar-refractivity contribution in [2.45, 2.75) is 0 Å². The van der Waals surface area contributed by atoms with Gasteiger partial charge in [-0.2, -0.15) is 0 Å². The first-order valence-electron chi connectivity index (χ1n) is 7.16. The van der Waals surface area contributed by atoms with Gasteiger partial charge >= 0.3 is 0 Å². The molecular formula is C19H11NO2. The van der Waals surface area contributed by atoms with Crippen LogP contribution in [-0.2, 0) is 0 Å². The molecule has 0 saturated heterocycles. The van der Waals surface area contributed by atoms with E-state index in [0.717, 1.165) is 38.6 Å². The minimum absolute atomic E-state index is 0.614. The first-order chi connectivity index (χ1) is 10.9. The van der Waals surface area contributed by atoms with Crippen LogP contribution < -0.4 is 0 Å². The van der Waals surface area contributed by atoms with E-state index in [9.17, 15) is 0 Å². The van der Waals surface area contributed by atoms with Crippen molar-refractivity contribution in [3.05, 3.63) is 66.7 Å². The Kier molecular flexibility index (Phi) is 2.22. The molecule has 0 N–H and O–H groups in total. The van der Waals surface area contributed by atoms with Gasteiger partial charge in [-0.3, -0.25) is 0 Å². The van der Waals surface area contributed by atoms with E-state index in [-0.39, 0.29) is 0 Å². The number of benzene rings is 3. The van der Waals surface area contributed by atoms with Crippen molar-refractivity contribution in [3.8, 4) is 11.5 Å². The van der Waals surface area contributed by atoms with Gasteiger partial charge in [0.15, 0.2) is 5.58 Å². The second kappa shape index (κ2) is 4.21. The molecule has 104 valence electrons. The van der Waals surface area contributed by atoms with Gasteiger partial charge in [0.2, 0.25) is 5.89 Å². The summed E-state index contributed by atoms with van der Waals surface area (Å²) in [5.74, 6) is 0.614. The lowest BCUT2D eigenvalue weighted by Crippen LogP contribution is -1.76. The van der Waals surface area contributed by atoms with E-state index >= 15 is 0 Å². The molecule has 2 aromatic heterocycles. The summed E-state index contributed by atoms with van der Waals surface area (Å²) in [5.41, 5.74) is 4.32. The van der Waals surface area contributed by atoms with Crippen molar-refractivity contribution in [1.82, 2.24) is 4.98 Å². The van der Waals surface area contributed by atoms with E-state index in [1.54, 1.807) is 0 Å². The summed E-state index contributed by atoms with van der Waals surface area (Å²) in [7, 11) is 0. The molecule has 3 heteroatoms. The van der Waals surface area contributed by atoms with Gasteiger partial charge in [-0.1, -0.05) is 30.3 Å². The highest BCUT2D eigenvalue weighted by atomic mass is 16.3. The summed E-state index contributed by atoms with van der Waals surface area (Å²) >= 11 is 0. The molecule has 2 heterocycles. The molecule has 0 aliphatic heterocycles. The van der Waals surface area contributed by atoms with Gasteiger partial charge in [-0.25, -0.2) is 4.98 Å². The molecule has 0 atom stereocenters. The number of hydrogen-bond donors (Lipinski definition) is 0. The van der Waals surface area contributed by atoms with E-state index in [1.807, 2.05) is 54.6 Å². The SMILES string of the molecule is c1ccc2oc(-c3ccc4c(c3)oc3ccccc34)nc2c1. The number of oxazole rings is 1. The molecule has 0 unspecified atom stereocenters. The zero-order chi connectivity index (χ0) is 14.5. The Morgan fingerprint density at radius 1 is 0.636 bits per heavy atom. The third-order valence-electron chi connectivity index (χ3n) is 3.92. The fraction of sp³-hybridized carbons (Fsp3) is 0. The van der Waals surface area contributed by atoms with Crippen LogP contribution in [0.1, 0.15) is 0 Å². The van der Waals surface area contributed by atoms with Crippen molar-refractivity contribution in [3.63, 3.8) is 0 Å². The third-order valence-corrected chi connectivity index (χ3v) is 3.92. The van der Waals surface area contributed by atoms with Crippen molar-refractivity contribution in [2.75, 3.05) is 0 Å². The summed E-state index contributed by atoms with van der Waals surface area (Å²) in [6.07, 6.45) is 0. The zero-order valence-electron chi connectivity index (χ0n) is 11.6. The van der Waals surface area contributed by atoms with Gasteiger partial charge in [-0.05, 0) is 36.4 Å². The molecule has 5 rings (SSSR count). The highest BCUT2D eigenvalue weighted by Gasteiger charge is 2.11. The van der Waals surface area contributed by atoms with Gasteiger partial charge in [-0.15, -0.1) is 0 Å². The van der Waals surface area contributed by atoms with Crippen molar-refractivity contribution in [2.24, 2.45) is 0 Å². The summed E-state index contributed by atoms with van der Waals surface area (Å²) in [6, 6.07) is 21.9. The maximum absolute atomic E-state index is 5.92. The first-order valence-corrected chi connectivity index (χ1v) is 7.16. The first kappa shape index (κ1) is 11.6. The van der Waals surface area contributed by atoms with Crippen LogP contribution >= 0.6 is 0 Å². The van der Waals surface area contributed by atoms with Gasteiger partial charge < -0.3 is 8.83 Å². The van der Waals surface area contributed by atoms with Crippen LogP contribution in [0, 0.1) is 0 Å². The topological polar surface area (TPSA) is 39.2 Å². The smallest absolute Gasteiger partial charge is 0.227 e. The van der Waals surface area contributed by atoms with Crippen LogP contribution in [0.15, 0.2) is 75.6 Å². The van der Waals surface area contributed by atoms with Gasteiger partial charge in [0, 0.05) is 16.3 Å². The van der Waals surface area contributed by atoms with E-state index in [2.05, 4.69) is 17.1 Å². The third kappa shape index (κ3) is 1.59. The largest absolute Gasteiger partial charge is 0.456 e. The molecule has 0 aliphatic rings. The zero-order valence-corrected chi connectivity index (χ0v) is 11.6. The summed E-state index contributed by atoms with van der Waals surface area (Å²) in [5, 5.41) is 2.23. The van der Waals surface area contributed by atoms with E-state index in [0.29, 0.717) is 5.89 Å². The van der Waals surface area contributed by atoms with Crippen molar-refractivity contribution < 1.29 is 8.83 Å². The number of hydrogen-bond acceptors (Lipinski definition) is 3. The average Bonchev–Trinajstić information content (AvgIpc) is 3.15. The quantitative estimate of drug-likeness (QED) is 0.414. The molecule has 0 saturated carbocycles. The van der Waals surface area contributed by atoms with Crippen LogP contribution in [0.25, 0.3) is 44.5 Å². The minimum Gasteiger partial charge on any atom is -0.456 e. The Morgan fingerprint density at radius 2 is 1.41 bits per heavy atom. The molecule has 0 amide bonds. The Bertz CT molecular complexity index is 1100. The van der Waals surface area contributed by atoms with Crippen LogP contribution in [0.3, 0.4) is 0 Å². The predicted molar refractivity (Wildman–Crippen MR) is 86.7 cm³/mol. The molecule has 0 fully saturated rings. The van der Waals surface area contributed by atoms with Crippen LogP contribution in [0.2, 0.25) is 0 Å². The van der Waals surface area contributed by atoms with Gasteiger partial charge in [0.1, 0.15) is 16.7 Å². The lowest BCUT2D eigenvalue weighted by atomic mass is 10.1. The fourth-order valence-electron chi connectivity index (χ4n) is 2.85. The molecule has 0 radical (unpaired) electrons. The molecule has 0 bridgehead atoms. The second-order valence-electron chi connectivity index (χ2n) is 5.30. The van der Waals surface area contributed by atoms with Crippen molar-refractivity contribution in [1.29, 1.82) is 0 Å². The number of fused-ring (bicyclic) bond motifs is 4. The maximum atomic E-state index is 5.92. The monoisotopic (exact) mass is 285 g/mol. The Hall–Kier alpha value is -3.07. The normalized spacial score (nSPS) is 11.6. The van der Waals surface area contributed by atoms with E-state index in [1.165, 1.54) is 0 Å². The standard InChI is InChI=1S/C19H11NO2/c1-3-7-16-13(5-1)14-10-9-12(11-18(14)21-16)19-20-15-6-2-4-8-17(15)22-19/h1-11H. The number of rotatable bonds is 1. The van der Waals surface area contributed by atoms with Gasteiger partial charge in [0.05, 0.1) is 0 Å². The molecular weight excluding hydrogens is 274 g/mol. The number of para-hydroxylation sites is 3. The predicted octanol–water partition coefficient (Wildman–Crippen LogP) is 5.39. The highest BCUT2D eigenvalue weighted by molar-refractivity contribution is 6.05. The fourth-order valence-corrected chi connectivity index (χ4v) is 2.85. The van der Waals surface area contributed by atoms with Crippen LogP contribution in [0.5, 0.6) is 0 Å². The molecule has 3 aromatic carbocycles. The highest BCUT2D eigenvalue weighted by Crippen LogP contribution is 2.32. The second-order valence-corrected chi connectivity index (χ2v) is 5.30. The maximum Gasteiger partial charge on any atom is 0.227 e. The molecule has 0 aliphatic carbocycles. The number of furan rings is 1. The number of nitrogens with zero attached hydrogens (tertiary/aromatic N) is 1. The minimum atomic E-state index is 0.614. The lowest BCUT2D eigenvalue weighted by Gasteiger charge is -1.95. The molecule has 0 spiro atoms. The number of aromatic nitrogens is 1. The Labute approximate surface area is 125 Å². The van der Waals surface area contributed by atoms with E-state index < -0.39 is 0 Å². The Morgan fingerprint density at radius 3 is 2.32 bits per heavy atom. The van der Waals surface area contributed by atoms with Crippen molar-refractivity contribution >= 4 is 33.0 Å². The average molecular weight is 285 g/mol. The molecule has 22 heavy (non-hydrogen) atoms. The van der Waals surface area contributed by atoms with E-state index in [4.69, 9.17) is 8.83 Å². The summed E-state index contributed by atoms with van der Waals surface area (Å²) < 4.78 is 11.7. The summed E-state index contributed by atoms with van der Waals surface area (Å²) in [4.78, 5) is 4.54. The lowest BCUT2D eigenvalue weighted by molar-refractivity contribution is 0.619. The van der Waals surface area contributed by atoms with Crippen LogP contribution in [0.4, 0.5) is 0 Å². The summed E-state index contributed by atoms with van der Waals surface area (Å²) in [6.45, 7) is 0. The Balaban J connectivity index is 1.75. The van der Waals surface area contributed by atoms with Gasteiger partial charge in [0.25, 0.3) is 0 Å². The molecule has 5 aromatic rings. The van der Waals surface area contributed by atoms with Crippen LogP contribution in [-0.4, -0.2) is 4.98 Å². The molecule has 3 nitrogen and oxygen atoms in total.